The summed E-state index contributed by atoms with van der Waals surface area (Å²) in [7, 11) is 0. The van der Waals surface area contributed by atoms with Crippen molar-refractivity contribution in [3.05, 3.63) is 26.8 Å². The summed E-state index contributed by atoms with van der Waals surface area (Å²) in [6, 6.07) is 2.26. The summed E-state index contributed by atoms with van der Waals surface area (Å²) in [6.45, 7) is 0. The van der Waals surface area contributed by atoms with Crippen molar-refractivity contribution in [2.24, 2.45) is 0 Å². The van der Waals surface area contributed by atoms with Crippen LogP contribution in [-0.4, -0.2) is 15.3 Å². The third-order valence-corrected chi connectivity index (χ3v) is 1.93. The molecule has 0 heterocycles. The van der Waals surface area contributed by atoms with Crippen LogP contribution in [0.25, 0.3) is 0 Å². The van der Waals surface area contributed by atoms with E-state index in [0.29, 0.717) is 0 Å². The number of hydrogen-bond donors (Lipinski definition) is 3. The minimum atomic E-state index is -0.863. The van der Waals surface area contributed by atoms with E-state index in [-0.39, 0.29) is 4.47 Å². The van der Waals surface area contributed by atoms with E-state index in [2.05, 4.69) is 15.9 Å². The van der Waals surface area contributed by atoms with Gasteiger partial charge in [0, 0.05) is 0 Å². The lowest BCUT2D eigenvalue weighted by Crippen LogP contribution is -1.92. The van der Waals surface area contributed by atoms with Crippen molar-refractivity contribution in [2.75, 3.05) is 0 Å². The van der Waals surface area contributed by atoms with Crippen LogP contribution in [0.4, 0.5) is 0 Å². The molecule has 0 fully saturated rings. The molecule has 64 valence electrons. The van der Waals surface area contributed by atoms with Crippen LogP contribution in [0.1, 0.15) is 0 Å². The Hall–Kier alpha value is -1.23. The van der Waals surface area contributed by atoms with Crippen molar-refractivity contribution in [1.82, 2.24) is 0 Å². The van der Waals surface area contributed by atoms with Crippen LogP contribution in [0.2, 0.25) is 0 Å². The van der Waals surface area contributed by atoms with Crippen LogP contribution >= 0.6 is 15.9 Å². The third kappa shape index (κ3) is 1.35. The molecule has 0 bridgehead atoms. The molecule has 0 atom stereocenters. The second kappa shape index (κ2) is 3.02. The smallest absolute Gasteiger partial charge is 0.224 e. The summed E-state index contributed by atoms with van der Waals surface area (Å²) in [5.41, 5.74) is -0.756. The summed E-state index contributed by atoms with van der Waals surface area (Å²) in [5, 5.41) is 27.0. The van der Waals surface area contributed by atoms with Gasteiger partial charge in [-0.2, -0.15) is 0 Å². The molecule has 12 heavy (non-hydrogen) atoms. The van der Waals surface area contributed by atoms with Crippen LogP contribution in [0.15, 0.2) is 21.4 Å². The molecule has 0 aliphatic carbocycles. The lowest BCUT2D eigenvalue weighted by atomic mass is 10.4. The molecule has 0 saturated heterocycles. The van der Waals surface area contributed by atoms with Gasteiger partial charge in [-0.3, -0.25) is 4.79 Å². The highest BCUT2D eigenvalue weighted by Gasteiger charge is 2.09. The summed E-state index contributed by atoms with van der Waals surface area (Å²) in [4.78, 5) is 10.8. The minimum absolute atomic E-state index is 0.136. The summed E-state index contributed by atoms with van der Waals surface area (Å²) < 4.78 is 0.136. The van der Waals surface area contributed by atoms with Gasteiger partial charge < -0.3 is 15.3 Å². The maximum Gasteiger partial charge on any atom is 0.224 e. The molecule has 1 rings (SSSR count). The molecular formula is C7H5BrO4. The Morgan fingerprint density at radius 2 is 1.58 bits per heavy atom. The molecule has 0 spiro atoms. The largest absolute Gasteiger partial charge is 0.503 e. The van der Waals surface area contributed by atoms with E-state index >= 15 is 0 Å². The monoisotopic (exact) mass is 232 g/mol. The van der Waals surface area contributed by atoms with E-state index in [0.717, 1.165) is 6.07 Å². The predicted octanol–water partition coefficient (Wildman–Crippen LogP) is 0.926. The number of hydrogen-bond acceptors (Lipinski definition) is 4. The zero-order valence-corrected chi connectivity index (χ0v) is 7.37. The van der Waals surface area contributed by atoms with Gasteiger partial charge in [0.15, 0.2) is 5.75 Å². The van der Waals surface area contributed by atoms with Crippen molar-refractivity contribution in [3.8, 4) is 17.2 Å². The predicted molar refractivity (Wildman–Crippen MR) is 45.4 cm³/mol. The van der Waals surface area contributed by atoms with E-state index in [1.807, 2.05) is 0 Å². The third-order valence-electron chi connectivity index (χ3n) is 1.29. The van der Waals surface area contributed by atoms with Crippen molar-refractivity contribution in [3.63, 3.8) is 0 Å². The first-order chi connectivity index (χ1) is 5.54. The van der Waals surface area contributed by atoms with Gasteiger partial charge in [-0.15, -0.1) is 0 Å². The topological polar surface area (TPSA) is 77.8 Å². The fourth-order valence-electron chi connectivity index (χ4n) is 0.649. The minimum Gasteiger partial charge on any atom is -0.503 e. The second-order valence-electron chi connectivity index (χ2n) is 2.09. The average Bonchev–Trinajstić information content (AvgIpc) is 2.14. The highest BCUT2D eigenvalue weighted by atomic mass is 79.9. The zero-order valence-electron chi connectivity index (χ0n) is 5.78. The summed E-state index contributed by atoms with van der Waals surface area (Å²) in [6.07, 6.45) is 0. The molecule has 0 aliphatic heterocycles. The zero-order chi connectivity index (χ0) is 9.30. The summed E-state index contributed by atoms with van der Waals surface area (Å²) >= 11 is 2.88. The number of rotatable bonds is 0. The van der Waals surface area contributed by atoms with Crippen molar-refractivity contribution >= 4 is 15.9 Å². The van der Waals surface area contributed by atoms with Crippen LogP contribution in [-0.2, 0) is 0 Å². The maximum atomic E-state index is 10.8. The molecular weight excluding hydrogens is 228 g/mol. The molecule has 3 N–H and O–H groups in total. The number of aromatic hydroxyl groups is 3. The normalized spacial score (nSPS) is 9.75. The van der Waals surface area contributed by atoms with E-state index < -0.39 is 22.7 Å². The molecule has 0 saturated carbocycles. The van der Waals surface area contributed by atoms with E-state index in [1.54, 1.807) is 0 Å². The Labute approximate surface area is 75.9 Å². The molecule has 0 unspecified atom stereocenters. The second-order valence-corrected chi connectivity index (χ2v) is 2.95. The molecule has 0 amide bonds. The van der Waals surface area contributed by atoms with Gasteiger partial charge >= 0.3 is 0 Å². The lowest BCUT2D eigenvalue weighted by Gasteiger charge is -1.93. The van der Waals surface area contributed by atoms with Crippen LogP contribution in [0.3, 0.4) is 0 Å². The highest BCUT2D eigenvalue weighted by molar-refractivity contribution is 9.10. The van der Waals surface area contributed by atoms with E-state index in [1.165, 1.54) is 6.07 Å². The number of halogens is 1. The van der Waals surface area contributed by atoms with Gasteiger partial charge in [0.25, 0.3) is 0 Å². The van der Waals surface area contributed by atoms with Gasteiger partial charge in [-0.25, -0.2) is 0 Å². The average molecular weight is 233 g/mol. The van der Waals surface area contributed by atoms with Crippen LogP contribution in [0.5, 0.6) is 17.2 Å². The first-order valence-corrected chi connectivity index (χ1v) is 3.77. The van der Waals surface area contributed by atoms with Gasteiger partial charge in [-0.1, -0.05) is 0 Å². The van der Waals surface area contributed by atoms with Crippen LogP contribution < -0.4 is 5.43 Å². The fraction of sp³-hybridized carbons (Fsp3) is 0. The molecule has 5 heteroatoms. The molecule has 1 aromatic carbocycles. The SMILES string of the molecule is O=c1ccc(Br)c(O)c(O)c1O. The molecule has 4 nitrogen and oxygen atoms in total. The Kier molecular flexibility index (Phi) is 2.23. The summed E-state index contributed by atoms with van der Waals surface area (Å²) in [5.74, 6) is -2.25. The van der Waals surface area contributed by atoms with Gasteiger partial charge in [-0.05, 0) is 28.1 Å². The quantitative estimate of drug-likeness (QED) is 0.622. The van der Waals surface area contributed by atoms with Crippen molar-refractivity contribution < 1.29 is 15.3 Å². The fourth-order valence-corrected chi connectivity index (χ4v) is 0.969. The molecule has 0 aliphatic rings. The molecule has 1 aromatic rings. The Morgan fingerprint density at radius 1 is 1.00 bits per heavy atom. The van der Waals surface area contributed by atoms with E-state index in [4.69, 9.17) is 15.3 Å². The first-order valence-electron chi connectivity index (χ1n) is 2.97. The maximum absolute atomic E-state index is 10.8. The Balaban J connectivity index is 3.71. The highest BCUT2D eigenvalue weighted by Crippen LogP contribution is 2.35. The van der Waals surface area contributed by atoms with Crippen molar-refractivity contribution in [2.45, 2.75) is 0 Å². The van der Waals surface area contributed by atoms with Gasteiger partial charge in [0.2, 0.25) is 16.9 Å². The Bertz CT molecular complexity index is 375. The van der Waals surface area contributed by atoms with Gasteiger partial charge in [0.05, 0.1) is 4.47 Å². The van der Waals surface area contributed by atoms with E-state index in [9.17, 15) is 4.79 Å². The van der Waals surface area contributed by atoms with Gasteiger partial charge in [0.1, 0.15) is 0 Å². The Morgan fingerprint density at radius 3 is 2.17 bits per heavy atom. The standard InChI is InChI=1S/C7H5BrO4/c8-3-1-2-4(9)6(11)7(12)5(3)10/h1-2H,(H3,9,10,11,12). The van der Waals surface area contributed by atoms with Crippen LogP contribution in [0, 0.1) is 0 Å². The lowest BCUT2D eigenvalue weighted by molar-refractivity contribution is 0.367. The van der Waals surface area contributed by atoms with Crippen molar-refractivity contribution in [1.29, 1.82) is 0 Å². The molecule has 0 aromatic heterocycles. The molecule has 0 radical (unpaired) electrons. The first kappa shape index (κ1) is 8.86.